The molecule has 1 saturated heterocycles. The van der Waals surface area contributed by atoms with Crippen molar-refractivity contribution >= 4 is 0 Å². The SMILES string of the molecule is CC(C)CN1CCC(O)(C(F)F)CC1. The van der Waals surface area contributed by atoms with Crippen LogP contribution in [0.4, 0.5) is 8.78 Å². The number of aliphatic hydroxyl groups is 1. The van der Waals surface area contributed by atoms with Gasteiger partial charge in [-0.25, -0.2) is 8.78 Å². The van der Waals surface area contributed by atoms with Gasteiger partial charge in [-0.05, 0) is 18.8 Å². The summed E-state index contributed by atoms with van der Waals surface area (Å²) in [5, 5.41) is 9.52. The largest absolute Gasteiger partial charge is 0.384 e. The van der Waals surface area contributed by atoms with E-state index in [1.807, 2.05) is 0 Å². The maximum Gasteiger partial charge on any atom is 0.266 e. The van der Waals surface area contributed by atoms with Crippen molar-refractivity contribution in [1.82, 2.24) is 4.90 Å². The quantitative estimate of drug-likeness (QED) is 0.762. The van der Waals surface area contributed by atoms with Gasteiger partial charge in [-0.15, -0.1) is 0 Å². The Morgan fingerprint density at radius 1 is 1.29 bits per heavy atom. The summed E-state index contributed by atoms with van der Waals surface area (Å²) in [4.78, 5) is 2.14. The van der Waals surface area contributed by atoms with Gasteiger partial charge in [0.25, 0.3) is 6.43 Å². The van der Waals surface area contributed by atoms with E-state index < -0.39 is 12.0 Å². The van der Waals surface area contributed by atoms with Crippen LogP contribution in [0.25, 0.3) is 0 Å². The second kappa shape index (κ2) is 4.53. The highest BCUT2D eigenvalue weighted by Gasteiger charge is 2.40. The fraction of sp³-hybridized carbons (Fsp3) is 1.00. The number of hydrogen-bond donors (Lipinski definition) is 1. The standard InChI is InChI=1S/C10H19F2NO/c1-8(2)7-13-5-3-10(14,4-6-13)9(11)12/h8-9,14H,3-7H2,1-2H3. The Kier molecular flexibility index (Phi) is 3.84. The highest BCUT2D eigenvalue weighted by atomic mass is 19.3. The van der Waals surface area contributed by atoms with E-state index in [0.29, 0.717) is 19.0 Å². The van der Waals surface area contributed by atoms with E-state index in [4.69, 9.17) is 0 Å². The zero-order valence-corrected chi connectivity index (χ0v) is 8.84. The van der Waals surface area contributed by atoms with Gasteiger partial charge in [0.2, 0.25) is 0 Å². The molecule has 1 N–H and O–H groups in total. The van der Waals surface area contributed by atoms with Crippen LogP contribution in [-0.4, -0.2) is 41.7 Å². The number of alkyl halides is 2. The van der Waals surface area contributed by atoms with Gasteiger partial charge in [0.05, 0.1) is 0 Å². The summed E-state index contributed by atoms with van der Waals surface area (Å²) in [7, 11) is 0. The van der Waals surface area contributed by atoms with E-state index >= 15 is 0 Å². The van der Waals surface area contributed by atoms with E-state index in [1.54, 1.807) is 0 Å². The second-order valence-electron chi connectivity index (χ2n) is 4.60. The summed E-state index contributed by atoms with van der Waals surface area (Å²) < 4.78 is 24.9. The lowest BCUT2D eigenvalue weighted by Gasteiger charge is -2.38. The molecule has 0 atom stereocenters. The Morgan fingerprint density at radius 2 is 1.79 bits per heavy atom. The smallest absolute Gasteiger partial charge is 0.266 e. The fourth-order valence-electron chi connectivity index (χ4n) is 1.86. The van der Waals surface area contributed by atoms with Gasteiger partial charge < -0.3 is 10.0 Å². The zero-order chi connectivity index (χ0) is 10.8. The lowest BCUT2D eigenvalue weighted by molar-refractivity contribution is -0.127. The van der Waals surface area contributed by atoms with Gasteiger partial charge in [0.1, 0.15) is 5.60 Å². The summed E-state index contributed by atoms with van der Waals surface area (Å²) in [5.74, 6) is 0.549. The van der Waals surface area contributed by atoms with Crippen LogP contribution in [0.3, 0.4) is 0 Å². The Balaban J connectivity index is 2.38. The first-order valence-corrected chi connectivity index (χ1v) is 5.17. The molecule has 0 saturated carbocycles. The van der Waals surface area contributed by atoms with Crippen molar-refractivity contribution in [2.45, 2.75) is 38.7 Å². The first-order valence-electron chi connectivity index (χ1n) is 5.17. The summed E-state index contributed by atoms with van der Waals surface area (Å²) >= 11 is 0. The summed E-state index contributed by atoms with van der Waals surface area (Å²) in [6, 6.07) is 0. The molecule has 1 rings (SSSR count). The number of likely N-dealkylation sites (tertiary alicyclic amines) is 1. The Morgan fingerprint density at radius 3 is 2.14 bits per heavy atom. The molecule has 1 heterocycles. The van der Waals surface area contributed by atoms with Crippen LogP contribution in [0.1, 0.15) is 26.7 Å². The number of hydrogen-bond acceptors (Lipinski definition) is 2. The normalized spacial score (nSPS) is 23.4. The number of rotatable bonds is 3. The van der Waals surface area contributed by atoms with Crippen molar-refractivity contribution < 1.29 is 13.9 Å². The maximum absolute atomic E-state index is 12.4. The second-order valence-corrected chi connectivity index (χ2v) is 4.60. The third-order valence-corrected chi connectivity index (χ3v) is 2.75. The average molecular weight is 207 g/mol. The van der Waals surface area contributed by atoms with Gasteiger partial charge >= 0.3 is 0 Å². The maximum atomic E-state index is 12.4. The summed E-state index contributed by atoms with van der Waals surface area (Å²) in [6.45, 7) is 6.30. The predicted molar refractivity (Wildman–Crippen MR) is 51.5 cm³/mol. The Hall–Kier alpha value is -0.220. The summed E-state index contributed by atoms with van der Waals surface area (Å²) in [6.07, 6.45) is -2.22. The minimum atomic E-state index is -2.61. The minimum absolute atomic E-state index is 0.192. The lowest BCUT2D eigenvalue weighted by Crippen LogP contribution is -2.49. The van der Waals surface area contributed by atoms with Crippen LogP contribution in [-0.2, 0) is 0 Å². The molecular weight excluding hydrogens is 188 g/mol. The van der Waals surface area contributed by atoms with E-state index in [-0.39, 0.29) is 12.8 Å². The third kappa shape index (κ3) is 2.89. The Labute approximate surface area is 83.9 Å². The van der Waals surface area contributed by atoms with E-state index in [0.717, 1.165) is 6.54 Å². The predicted octanol–water partition coefficient (Wildman–Crippen LogP) is 1.73. The third-order valence-electron chi connectivity index (χ3n) is 2.75. The van der Waals surface area contributed by atoms with Crippen LogP contribution >= 0.6 is 0 Å². The topological polar surface area (TPSA) is 23.5 Å². The molecule has 0 aromatic carbocycles. The average Bonchev–Trinajstić information content (AvgIpc) is 2.08. The van der Waals surface area contributed by atoms with Crippen molar-refractivity contribution in [2.75, 3.05) is 19.6 Å². The molecular formula is C10H19F2NO. The van der Waals surface area contributed by atoms with E-state index in [9.17, 15) is 13.9 Å². The van der Waals surface area contributed by atoms with Crippen LogP contribution in [0.15, 0.2) is 0 Å². The molecule has 0 bridgehead atoms. The van der Waals surface area contributed by atoms with Crippen LogP contribution < -0.4 is 0 Å². The van der Waals surface area contributed by atoms with Crippen molar-refractivity contribution in [3.05, 3.63) is 0 Å². The molecule has 0 aliphatic carbocycles. The number of nitrogens with zero attached hydrogens (tertiary/aromatic N) is 1. The number of halogens is 2. The molecule has 0 spiro atoms. The lowest BCUT2D eigenvalue weighted by atomic mass is 9.91. The van der Waals surface area contributed by atoms with Gasteiger partial charge in [-0.1, -0.05) is 13.8 Å². The zero-order valence-electron chi connectivity index (χ0n) is 8.84. The molecule has 84 valence electrons. The van der Waals surface area contributed by atoms with Gasteiger partial charge in [0.15, 0.2) is 0 Å². The molecule has 0 unspecified atom stereocenters. The number of piperidine rings is 1. The van der Waals surface area contributed by atoms with Crippen LogP contribution in [0.5, 0.6) is 0 Å². The molecule has 14 heavy (non-hydrogen) atoms. The van der Waals surface area contributed by atoms with E-state index in [2.05, 4.69) is 18.7 Å². The Bertz CT molecular complexity index is 177. The molecule has 0 aromatic rings. The minimum Gasteiger partial charge on any atom is -0.384 e. The molecule has 4 heteroatoms. The molecule has 0 aromatic heterocycles. The van der Waals surface area contributed by atoms with Gasteiger partial charge in [-0.3, -0.25) is 0 Å². The first-order chi connectivity index (χ1) is 6.44. The fourth-order valence-corrected chi connectivity index (χ4v) is 1.86. The molecule has 0 amide bonds. The van der Waals surface area contributed by atoms with Crippen molar-refractivity contribution in [1.29, 1.82) is 0 Å². The van der Waals surface area contributed by atoms with Gasteiger partial charge in [0, 0.05) is 19.6 Å². The molecule has 2 nitrogen and oxygen atoms in total. The molecule has 0 radical (unpaired) electrons. The van der Waals surface area contributed by atoms with Crippen molar-refractivity contribution in [2.24, 2.45) is 5.92 Å². The molecule has 1 aliphatic heterocycles. The van der Waals surface area contributed by atoms with Gasteiger partial charge in [-0.2, -0.15) is 0 Å². The highest BCUT2D eigenvalue weighted by Crippen LogP contribution is 2.28. The summed E-state index contributed by atoms with van der Waals surface area (Å²) in [5.41, 5.74) is -1.73. The van der Waals surface area contributed by atoms with Crippen LogP contribution in [0, 0.1) is 5.92 Å². The molecule has 1 fully saturated rings. The molecule has 1 aliphatic rings. The highest BCUT2D eigenvalue weighted by molar-refractivity contribution is 4.88. The van der Waals surface area contributed by atoms with E-state index in [1.165, 1.54) is 0 Å². The first kappa shape index (κ1) is 11.9. The van der Waals surface area contributed by atoms with Crippen LogP contribution in [0.2, 0.25) is 0 Å². The monoisotopic (exact) mass is 207 g/mol. The van der Waals surface area contributed by atoms with Crippen molar-refractivity contribution in [3.8, 4) is 0 Å². The van der Waals surface area contributed by atoms with Crippen molar-refractivity contribution in [3.63, 3.8) is 0 Å².